The van der Waals surface area contributed by atoms with Gasteiger partial charge in [0.1, 0.15) is 11.8 Å². The minimum atomic E-state index is -4.03. The van der Waals surface area contributed by atoms with Crippen molar-refractivity contribution in [3.05, 3.63) is 94.5 Å². The third kappa shape index (κ3) is 6.23. The smallest absolute Gasteiger partial charge is 0.241 e. The molecule has 1 amide bonds. The first-order valence-electron chi connectivity index (χ1n) is 11.7. The molecular formula is C27H29ClN2O4S. The predicted molar refractivity (Wildman–Crippen MR) is 137 cm³/mol. The van der Waals surface area contributed by atoms with E-state index < -0.39 is 16.1 Å². The number of hydrogen-bond acceptors (Lipinski definition) is 4. The van der Waals surface area contributed by atoms with Gasteiger partial charge in [-0.25, -0.2) is 8.42 Å². The zero-order valence-electron chi connectivity index (χ0n) is 19.5. The number of sulfonamides is 1. The van der Waals surface area contributed by atoms with E-state index in [1.807, 2.05) is 55.5 Å². The zero-order valence-corrected chi connectivity index (χ0v) is 21.1. The van der Waals surface area contributed by atoms with E-state index in [0.29, 0.717) is 12.4 Å². The molecule has 0 heterocycles. The van der Waals surface area contributed by atoms with Crippen molar-refractivity contribution in [1.29, 1.82) is 0 Å². The van der Waals surface area contributed by atoms with Crippen LogP contribution in [0.4, 0.5) is 0 Å². The Morgan fingerprint density at radius 3 is 2.57 bits per heavy atom. The van der Waals surface area contributed by atoms with Gasteiger partial charge in [-0.1, -0.05) is 66.2 Å². The van der Waals surface area contributed by atoms with Crippen molar-refractivity contribution in [3.8, 4) is 5.75 Å². The maximum atomic E-state index is 13.5. The summed E-state index contributed by atoms with van der Waals surface area (Å²) in [5.41, 5.74) is 3.16. The lowest BCUT2D eigenvalue weighted by Gasteiger charge is -2.28. The van der Waals surface area contributed by atoms with Gasteiger partial charge in [-0.15, -0.1) is 0 Å². The highest BCUT2D eigenvalue weighted by atomic mass is 35.5. The lowest BCUT2D eigenvalue weighted by molar-refractivity contribution is -0.123. The number of aryl methyl sites for hydroxylation is 1. The van der Waals surface area contributed by atoms with Gasteiger partial charge >= 0.3 is 0 Å². The second-order valence-electron chi connectivity index (χ2n) is 8.54. The second-order valence-corrected chi connectivity index (χ2v) is 10.7. The van der Waals surface area contributed by atoms with Gasteiger partial charge in [0, 0.05) is 0 Å². The Morgan fingerprint density at radius 1 is 1.09 bits per heavy atom. The molecule has 3 aromatic rings. The summed E-state index contributed by atoms with van der Waals surface area (Å²) in [6.07, 6.45) is 2.95. The third-order valence-corrected chi connectivity index (χ3v) is 7.86. The molecule has 1 aliphatic carbocycles. The van der Waals surface area contributed by atoms with Gasteiger partial charge < -0.3 is 10.1 Å². The Hall–Kier alpha value is -2.87. The predicted octanol–water partition coefficient (Wildman–Crippen LogP) is 4.82. The van der Waals surface area contributed by atoms with E-state index in [9.17, 15) is 13.2 Å². The first-order chi connectivity index (χ1) is 16.9. The molecule has 184 valence electrons. The van der Waals surface area contributed by atoms with Crippen LogP contribution in [-0.4, -0.2) is 27.0 Å². The lowest BCUT2D eigenvalue weighted by Crippen LogP contribution is -2.49. The average Bonchev–Trinajstić information content (AvgIpc) is 2.85. The van der Waals surface area contributed by atoms with Gasteiger partial charge in [-0.2, -0.15) is 4.72 Å². The van der Waals surface area contributed by atoms with E-state index in [-0.39, 0.29) is 28.3 Å². The molecule has 0 saturated carbocycles. The molecule has 3 aromatic carbocycles. The normalized spacial score (nSPS) is 16.2. The quantitative estimate of drug-likeness (QED) is 0.430. The van der Waals surface area contributed by atoms with E-state index in [1.54, 1.807) is 0 Å². The number of amides is 1. The van der Waals surface area contributed by atoms with Crippen molar-refractivity contribution < 1.29 is 17.9 Å². The zero-order chi connectivity index (χ0) is 24.8. The first kappa shape index (κ1) is 25.2. The summed E-state index contributed by atoms with van der Waals surface area (Å²) >= 11 is 6.22. The summed E-state index contributed by atoms with van der Waals surface area (Å²) in [6, 6.07) is 20.5. The summed E-state index contributed by atoms with van der Waals surface area (Å²) in [7, 11) is -4.03. The SMILES string of the molecule is CCOc1ccc(S(=O)(=O)N[C@H](Cc2ccccc2)C(=O)N[C@@H]2CCCc3ccccc32)cc1Cl. The number of nitrogens with one attached hydrogen (secondary N) is 2. The molecule has 2 atom stereocenters. The Morgan fingerprint density at radius 2 is 1.83 bits per heavy atom. The van der Waals surface area contributed by atoms with Crippen LogP contribution in [0.25, 0.3) is 0 Å². The van der Waals surface area contributed by atoms with Crippen LogP contribution in [0.3, 0.4) is 0 Å². The summed E-state index contributed by atoms with van der Waals surface area (Å²) in [5, 5.41) is 3.29. The monoisotopic (exact) mass is 512 g/mol. The Bertz CT molecular complexity index is 1280. The molecule has 1 aliphatic rings. The summed E-state index contributed by atoms with van der Waals surface area (Å²) in [6.45, 7) is 2.23. The third-order valence-electron chi connectivity index (χ3n) is 6.10. The fourth-order valence-corrected chi connectivity index (χ4v) is 5.91. The van der Waals surface area contributed by atoms with E-state index in [4.69, 9.17) is 16.3 Å². The fourth-order valence-electron chi connectivity index (χ4n) is 4.39. The minimum Gasteiger partial charge on any atom is -0.492 e. The molecule has 0 fully saturated rings. The molecule has 0 radical (unpaired) electrons. The number of ether oxygens (including phenoxy) is 1. The van der Waals surface area contributed by atoms with Gasteiger partial charge in [-0.05, 0) is 67.5 Å². The second kappa shape index (κ2) is 11.2. The largest absolute Gasteiger partial charge is 0.492 e. The number of hydrogen-bond donors (Lipinski definition) is 2. The molecule has 0 unspecified atom stereocenters. The summed E-state index contributed by atoms with van der Waals surface area (Å²) in [4.78, 5) is 13.4. The maximum Gasteiger partial charge on any atom is 0.241 e. The summed E-state index contributed by atoms with van der Waals surface area (Å²) in [5.74, 6) is 0.0406. The number of benzene rings is 3. The van der Waals surface area contributed by atoms with Gasteiger partial charge in [-0.3, -0.25) is 4.79 Å². The number of rotatable bonds is 9. The van der Waals surface area contributed by atoms with Crippen molar-refractivity contribution in [3.63, 3.8) is 0 Å². The summed E-state index contributed by atoms with van der Waals surface area (Å²) < 4.78 is 34.5. The van der Waals surface area contributed by atoms with Crippen LogP contribution >= 0.6 is 11.6 Å². The van der Waals surface area contributed by atoms with Crippen LogP contribution in [0.5, 0.6) is 5.75 Å². The lowest BCUT2D eigenvalue weighted by atomic mass is 9.87. The van der Waals surface area contributed by atoms with Crippen LogP contribution in [0.15, 0.2) is 77.7 Å². The van der Waals surface area contributed by atoms with Crippen molar-refractivity contribution >= 4 is 27.5 Å². The van der Waals surface area contributed by atoms with Crippen molar-refractivity contribution in [2.45, 2.75) is 49.6 Å². The first-order valence-corrected chi connectivity index (χ1v) is 13.6. The topological polar surface area (TPSA) is 84.5 Å². The maximum absolute atomic E-state index is 13.5. The van der Waals surface area contributed by atoms with Crippen LogP contribution in [-0.2, 0) is 27.7 Å². The highest BCUT2D eigenvalue weighted by Gasteiger charge is 2.30. The van der Waals surface area contributed by atoms with Crippen LogP contribution < -0.4 is 14.8 Å². The number of carbonyl (C=O) groups is 1. The van der Waals surface area contributed by atoms with Gasteiger partial charge in [0.15, 0.2) is 0 Å². The van der Waals surface area contributed by atoms with E-state index >= 15 is 0 Å². The molecule has 6 nitrogen and oxygen atoms in total. The van der Waals surface area contributed by atoms with Gasteiger partial charge in [0.05, 0.1) is 22.6 Å². The van der Waals surface area contributed by atoms with E-state index in [1.165, 1.54) is 23.8 Å². The molecule has 0 aliphatic heterocycles. The molecule has 0 aromatic heterocycles. The standard InChI is InChI=1S/C27H29ClN2O4S/c1-2-34-26-16-15-21(18-23(26)28)35(32,33)30-25(17-19-9-4-3-5-10-19)27(31)29-24-14-8-12-20-11-6-7-13-22(20)24/h3-7,9-11,13,15-16,18,24-25,30H,2,8,12,14,17H2,1H3,(H,29,31)/t24-,25-/m1/s1. The highest BCUT2D eigenvalue weighted by molar-refractivity contribution is 7.89. The molecule has 0 bridgehead atoms. The Kier molecular flexibility index (Phi) is 8.11. The van der Waals surface area contributed by atoms with Crippen LogP contribution in [0.2, 0.25) is 5.02 Å². The number of fused-ring (bicyclic) bond motifs is 1. The van der Waals surface area contributed by atoms with Crippen molar-refractivity contribution in [1.82, 2.24) is 10.0 Å². The van der Waals surface area contributed by atoms with Gasteiger partial charge in [0.25, 0.3) is 0 Å². The molecule has 0 saturated heterocycles. The number of halogens is 1. The fraction of sp³-hybridized carbons (Fsp3) is 0.296. The Labute approximate surface area is 211 Å². The Balaban J connectivity index is 1.58. The van der Waals surface area contributed by atoms with Crippen LogP contribution in [0.1, 0.15) is 42.5 Å². The minimum absolute atomic E-state index is 0.0279. The molecule has 4 rings (SSSR count). The highest BCUT2D eigenvalue weighted by Crippen LogP contribution is 2.30. The van der Waals surface area contributed by atoms with Gasteiger partial charge in [0.2, 0.25) is 15.9 Å². The van der Waals surface area contributed by atoms with E-state index in [2.05, 4.69) is 16.1 Å². The molecular weight excluding hydrogens is 484 g/mol. The molecule has 2 N–H and O–H groups in total. The van der Waals surface area contributed by atoms with Crippen molar-refractivity contribution in [2.75, 3.05) is 6.61 Å². The van der Waals surface area contributed by atoms with Crippen LogP contribution in [0, 0.1) is 0 Å². The van der Waals surface area contributed by atoms with Crippen molar-refractivity contribution in [2.24, 2.45) is 0 Å². The molecule has 35 heavy (non-hydrogen) atoms. The average molecular weight is 513 g/mol. The molecule has 0 spiro atoms. The number of carbonyl (C=O) groups excluding carboxylic acids is 1. The van der Waals surface area contributed by atoms with E-state index in [0.717, 1.165) is 30.4 Å². The molecule has 8 heteroatoms.